The van der Waals surface area contributed by atoms with Gasteiger partial charge < -0.3 is 9.84 Å². The van der Waals surface area contributed by atoms with Crippen LogP contribution < -0.4 is 0 Å². The molecule has 0 aromatic carbocycles. The first kappa shape index (κ1) is 15.6. The highest BCUT2D eigenvalue weighted by molar-refractivity contribution is 5.90. The van der Waals surface area contributed by atoms with Gasteiger partial charge in [-0.25, -0.2) is 0 Å². The van der Waals surface area contributed by atoms with Crippen molar-refractivity contribution in [2.24, 2.45) is 28.6 Å². The molecule has 1 saturated heterocycles. The SMILES string of the molecule is CC(=O)[C@]12O[C@H]1C[C@H]1[C@@H]3CC=C4C[C@@H](O)CC[C@]4(C)[C@H]3CC[C@]12C. The zero-order chi connectivity index (χ0) is 16.9. The molecule has 1 aliphatic heterocycles. The summed E-state index contributed by atoms with van der Waals surface area (Å²) in [6.07, 6.45) is 10.0. The number of aliphatic hydroxyl groups excluding tert-OH is 1. The van der Waals surface area contributed by atoms with Gasteiger partial charge in [-0.1, -0.05) is 25.5 Å². The summed E-state index contributed by atoms with van der Waals surface area (Å²) < 4.78 is 6.00. The maximum Gasteiger partial charge on any atom is 0.164 e. The number of fused-ring (bicyclic) bond motifs is 7. The Morgan fingerprint density at radius 2 is 2.04 bits per heavy atom. The predicted molar refractivity (Wildman–Crippen MR) is 91.4 cm³/mol. The van der Waals surface area contributed by atoms with Crippen LogP contribution in [0, 0.1) is 28.6 Å². The van der Waals surface area contributed by atoms with E-state index in [1.165, 1.54) is 12.0 Å². The van der Waals surface area contributed by atoms with Gasteiger partial charge in [0.2, 0.25) is 0 Å². The minimum absolute atomic E-state index is 0.0422. The van der Waals surface area contributed by atoms with Crippen LogP contribution in [-0.2, 0) is 9.53 Å². The molecule has 3 nitrogen and oxygen atoms in total. The minimum Gasteiger partial charge on any atom is -0.393 e. The van der Waals surface area contributed by atoms with Crippen LogP contribution in [0.4, 0.5) is 0 Å². The number of hydrogen-bond acceptors (Lipinski definition) is 3. The van der Waals surface area contributed by atoms with Crippen molar-refractivity contribution in [2.75, 3.05) is 0 Å². The van der Waals surface area contributed by atoms with Crippen molar-refractivity contribution in [3.05, 3.63) is 11.6 Å². The van der Waals surface area contributed by atoms with Crippen LogP contribution in [0.3, 0.4) is 0 Å². The highest BCUT2D eigenvalue weighted by atomic mass is 16.6. The van der Waals surface area contributed by atoms with Crippen molar-refractivity contribution in [1.82, 2.24) is 0 Å². The van der Waals surface area contributed by atoms with Crippen LogP contribution in [0.15, 0.2) is 11.6 Å². The number of allylic oxidation sites excluding steroid dienone is 1. The Hall–Kier alpha value is -0.670. The first-order valence-corrected chi connectivity index (χ1v) is 9.89. The number of rotatable bonds is 1. The molecule has 3 saturated carbocycles. The van der Waals surface area contributed by atoms with E-state index in [4.69, 9.17) is 4.74 Å². The van der Waals surface area contributed by atoms with Gasteiger partial charge in [0.25, 0.3) is 0 Å². The van der Waals surface area contributed by atoms with E-state index in [0.29, 0.717) is 11.8 Å². The van der Waals surface area contributed by atoms with E-state index in [0.717, 1.165) is 44.4 Å². The quantitative estimate of drug-likeness (QED) is 0.590. The largest absolute Gasteiger partial charge is 0.393 e. The number of ketones is 1. The molecule has 0 spiro atoms. The lowest BCUT2D eigenvalue weighted by Crippen LogP contribution is -2.54. The number of hydrogen-bond donors (Lipinski definition) is 1. The number of carbonyl (C=O) groups is 1. The zero-order valence-corrected chi connectivity index (χ0v) is 15.2. The van der Waals surface area contributed by atoms with Gasteiger partial charge in [-0.2, -0.15) is 0 Å². The lowest BCUT2D eigenvalue weighted by atomic mass is 9.47. The number of carbonyl (C=O) groups excluding carboxylic acids is 1. The topological polar surface area (TPSA) is 49.8 Å². The third kappa shape index (κ3) is 1.60. The molecule has 0 aromatic rings. The normalized spacial score (nSPS) is 58.0. The molecule has 5 aliphatic rings. The van der Waals surface area contributed by atoms with Gasteiger partial charge in [0, 0.05) is 5.41 Å². The second-order valence-electron chi connectivity index (χ2n) is 9.75. The molecule has 4 fully saturated rings. The minimum atomic E-state index is -0.448. The van der Waals surface area contributed by atoms with Gasteiger partial charge in [0.05, 0.1) is 12.2 Å². The predicted octanol–water partition coefficient (Wildman–Crippen LogP) is 3.65. The van der Waals surface area contributed by atoms with Crippen molar-refractivity contribution < 1.29 is 14.6 Å². The average Bonchev–Trinajstić information content (AvgIpc) is 3.21. The summed E-state index contributed by atoms with van der Waals surface area (Å²) in [4.78, 5) is 12.4. The van der Waals surface area contributed by atoms with Crippen LogP contribution in [0.2, 0.25) is 0 Å². The molecule has 0 unspecified atom stereocenters. The van der Waals surface area contributed by atoms with Crippen molar-refractivity contribution >= 4 is 5.78 Å². The number of ether oxygens (including phenoxy) is 1. The molecular weight excluding hydrogens is 300 g/mol. The second-order valence-corrected chi connectivity index (χ2v) is 9.75. The molecule has 0 bridgehead atoms. The molecule has 0 amide bonds. The molecule has 5 rings (SSSR count). The maximum atomic E-state index is 12.4. The first-order valence-electron chi connectivity index (χ1n) is 9.89. The van der Waals surface area contributed by atoms with Crippen LogP contribution in [-0.4, -0.2) is 28.7 Å². The van der Waals surface area contributed by atoms with Crippen molar-refractivity contribution in [3.8, 4) is 0 Å². The van der Waals surface area contributed by atoms with E-state index < -0.39 is 5.60 Å². The van der Waals surface area contributed by atoms with Crippen molar-refractivity contribution in [2.45, 2.75) is 83.5 Å². The summed E-state index contributed by atoms with van der Waals surface area (Å²) >= 11 is 0. The number of Topliss-reactive ketones (excluding diaryl/α,β-unsaturated/α-hetero) is 1. The third-order valence-corrected chi connectivity index (χ3v) is 9.03. The second kappa shape index (κ2) is 4.54. The van der Waals surface area contributed by atoms with E-state index in [2.05, 4.69) is 19.9 Å². The Balaban J connectivity index is 1.51. The summed E-state index contributed by atoms with van der Waals surface area (Å²) in [5, 5.41) is 10.1. The third-order valence-electron chi connectivity index (χ3n) is 9.03. The summed E-state index contributed by atoms with van der Waals surface area (Å²) in [7, 11) is 0. The smallest absolute Gasteiger partial charge is 0.164 e. The van der Waals surface area contributed by atoms with Crippen LogP contribution in [0.5, 0.6) is 0 Å². The Bertz CT molecular complexity index is 639. The van der Waals surface area contributed by atoms with Gasteiger partial charge in [-0.05, 0) is 75.0 Å². The van der Waals surface area contributed by atoms with Gasteiger partial charge in [-0.3, -0.25) is 4.79 Å². The average molecular weight is 330 g/mol. The summed E-state index contributed by atoms with van der Waals surface area (Å²) in [6.45, 7) is 6.54. The van der Waals surface area contributed by atoms with Crippen molar-refractivity contribution in [1.29, 1.82) is 0 Å². The lowest BCUT2D eigenvalue weighted by molar-refractivity contribution is -0.135. The van der Waals surface area contributed by atoms with Gasteiger partial charge in [0.15, 0.2) is 11.4 Å². The number of aliphatic hydroxyl groups is 1. The molecule has 132 valence electrons. The molecule has 1 N–H and O–H groups in total. The Morgan fingerprint density at radius 1 is 1.25 bits per heavy atom. The van der Waals surface area contributed by atoms with E-state index >= 15 is 0 Å². The zero-order valence-electron chi connectivity index (χ0n) is 15.2. The van der Waals surface area contributed by atoms with Gasteiger partial charge in [-0.15, -0.1) is 0 Å². The fraction of sp³-hybridized carbons (Fsp3) is 0.857. The van der Waals surface area contributed by atoms with Crippen LogP contribution >= 0.6 is 0 Å². The fourth-order valence-corrected chi connectivity index (χ4v) is 7.71. The number of epoxide rings is 1. The van der Waals surface area contributed by atoms with E-state index in [9.17, 15) is 9.90 Å². The molecule has 4 aliphatic carbocycles. The molecule has 0 aromatic heterocycles. The van der Waals surface area contributed by atoms with Gasteiger partial charge in [0.1, 0.15) is 0 Å². The molecule has 0 radical (unpaired) electrons. The molecule has 1 heterocycles. The maximum absolute atomic E-state index is 12.4. The van der Waals surface area contributed by atoms with Crippen molar-refractivity contribution in [3.63, 3.8) is 0 Å². The fourth-order valence-electron chi connectivity index (χ4n) is 7.71. The van der Waals surface area contributed by atoms with E-state index in [1.54, 1.807) is 6.92 Å². The first-order chi connectivity index (χ1) is 11.3. The highest BCUT2D eigenvalue weighted by Crippen LogP contribution is 2.73. The Morgan fingerprint density at radius 3 is 2.79 bits per heavy atom. The lowest BCUT2D eigenvalue weighted by Gasteiger charge is -2.58. The van der Waals surface area contributed by atoms with E-state index in [-0.39, 0.29) is 28.8 Å². The van der Waals surface area contributed by atoms with Crippen LogP contribution in [0.25, 0.3) is 0 Å². The summed E-state index contributed by atoms with van der Waals surface area (Å²) in [5.41, 5.74) is 1.39. The van der Waals surface area contributed by atoms with E-state index in [1.807, 2.05) is 0 Å². The molecular formula is C21H30O3. The Kier molecular flexibility index (Phi) is 2.94. The monoisotopic (exact) mass is 330 g/mol. The summed E-state index contributed by atoms with van der Waals surface area (Å²) in [6, 6.07) is 0. The van der Waals surface area contributed by atoms with Crippen LogP contribution in [0.1, 0.15) is 65.7 Å². The Labute approximate surface area is 144 Å². The summed E-state index contributed by atoms with van der Waals surface area (Å²) in [5.74, 6) is 2.31. The molecule has 8 atom stereocenters. The molecule has 3 heteroatoms. The highest BCUT2D eigenvalue weighted by Gasteiger charge is 2.79. The van der Waals surface area contributed by atoms with Gasteiger partial charge >= 0.3 is 0 Å². The standard InChI is InChI=1S/C21H30O3/c1-12(22)21-18(24-21)11-17-15-5-4-13-10-14(23)6-8-19(13,2)16(15)7-9-20(17,21)3/h4,14-18,23H,5-11H2,1-3H3/t14-,15+,16-,17-,18-,19-,20+,21-/m0/s1. The molecule has 24 heavy (non-hydrogen) atoms.